The van der Waals surface area contributed by atoms with Crippen LogP contribution in [0, 0.1) is 3.57 Å². The van der Waals surface area contributed by atoms with E-state index in [1.54, 1.807) is 0 Å². The average molecular weight is 380 g/mol. The van der Waals surface area contributed by atoms with Crippen LogP contribution in [-0.4, -0.2) is 11.9 Å². The van der Waals surface area contributed by atoms with Crippen LogP contribution in [0.25, 0.3) is 0 Å². The fourth-order valence-electron chi connectivity index (χ4n) is 1.90. The van der Waals surface area contributed by atoms with E-state index in [4.69, 9.17) is 5.73 Å². The molecule has 0 saturated heterocycles. The van der Waals surface area contributed by atoms with Crippen LogP contribution in [0.1, 0.15) is 12.0 Å². The van der Waals surface area contributed by atoms with Crippen molar-refractivity contribution >= 4 is 34.2 Å². The Bertz CT molecular complexity index is 572. The Labute approximate surface area is 132 Å². The van der Waals surface area contributed by atoms with E-state index in [0.29, 0.717) is 6.42 Å². The number of hydrogen-bond donors (Lipinski definition) is 2. The number of hydrogen-bond acceptors (Lipinski definition) is 2. The number of halogens is 1. The minimum Gasteiger partial charge on any atom is -0.325 e. The number of nitrogens with two attached hydrogens (primary N) is 1. The SMILES string of the molecule is NC(CCc1ccccc1)C(=O)Nc1cccc(I)c1. The van der Waals surface area contributed by atoms with E-state index in [1.165, 1.54) is 5.56 Å². The van der Waals surface area contributed by atoms with Gasteiger partial charge in [-0.1, -0.05) is 36.4 Å². The van der Waals surface area contributed by atoms with E-state index < -0.39 is 6.04 Å². The average Bonchev–Trinajstić information content (AvgIpc) is 2.46. The zero-order valence-corrected chi connectivity index (χ0v) is 13.2. The fourth-order valence-corrected chi connectivity index (χ4v) is 2.44. The highest BCUT2D eigenvalue weighted by Gasteiger charge is 2.13. The van der Waals surface area contributed by atoms with E-state index in [-0.39, 0.29) is 5.91 Å². The van der Waals surface area contributed by atoms with Gasteiger partial charge in [0.25, 0.3) is 0 Å². The van der Waals surface area contributed by atoms with Gasteiger partial charge in [0.1, 0.15) is 0 Å². The highest BCUT2D eigenvalue weighted by atomic mass is 127. The third-order valence-corrected chi connectivity index (χ3v) is 3.69. The molecule has 1 unspecified atom stereocenters. The van der Waals surface area contributed by atoms with Crippen LogP contribution in [0.2, 0.25) is 0 Å². The first-order valence-corrected chi connectivity index (χ1v) is 7.59. The predicted molar refractivity (Wildman–Crippen MR) is 90.5 cm³/mol. The highest BCUT2D eigenvalue weighted by molar-refractivity contribution is 14.1. The molecule has 3 nitrogen and oxygen atoms in total. The summed E-state index contributed by atoms with van der Waals surface area (Å²) in [5.41, 5.74) is 7.93. The molecule has 0 aromatic heterocycles. The molecule has 1 atom stereocenters. The van der Waals surface area contributed by atoms with Gasteiger partial charge in [-0.3, -0.25) is 4.79 Å². The minimum atomic E-state index is -0.493. The zero-order chi connectivity index (χ0) is 14.4. The van der Waals surface area contributed by atoms with Crippen LogP contribution in [-0.2, 0) is 11.2 Å². The summed E-state index contributed by atoms with van der Waals surface area (Å²) in [6.07, 6.45) is 1.45. The van der Waals surface area contributed by atoms with Crippen LogP contribution in [0.5, 0.6) is 0 Å². The number of benzene rings is 2. The van der Waals surface area contributed by atoms with Crippen LogP contribution in [0.4, 0.5) is 5.69 Å². The van der Waals surface area contributed by atoms with Crippen molar-refractivity contribution in [1.82, 2.24) is 0 Å². The fraction of sp³-hybridized carbons (Fsp3) is 0.188. The van der Waals surface area contributed by atoms with E-state index in [0.717, 1.165) is 15.7 Å². The smallest absolute Gasteiger partial charge is 0.241 e. The summed E-state index contributed by atoms with van der Waals surface area (Å²) < 4.78 is 1.08. The molecule has 0 fully saturated rings. The molecule has 0 aliphatic rings. The largest absolute Gasteiger partial charge is 0.325 e. The molecule has 2 aromatic carbocycles. The Morgan fingerprint density at radius 1 is 1.15 bits per heavy atom. The van der Waals surface area contributed by atoms with E-state index in [1.807, 2.05) is 54.6 Å². The maximum atomic E-state index is 12.0. The zero-order valence-electron chi connectivity index (χ0n) is 11.1. The number of amides is 1. The van der Waals surface area contributed by atoms with Gasteiger partial charge in [-0.25, -0.2) is 0 Å². The number of nitrogens with one attached hydrogen (secondary N) is 1. The van der Waals surface area contributed by atoms with Crippen LogP contribution in [0.3, 0.4) is 0 Å². The van der Waals surface area contributed by atoms with Crippen molar-refractivity contribution in [2.24, 2.45) is 5.73 Å². The molecule has 0 heterocycles. The van der Waals surface area contributed by atoms with Crippen molar-refractivity contribution in [1.29, 1.82) is 0 Å². The molecule has 0 bridgehead atoms. The van der Waals surface area contributed by atoms with Crippen LogP contribution < -0.4 is 11.1 Å². The summed E-state index contributed by atoms with van der Waals surface area (Å²) in [5.74, 6) is -0.136. The second kappa shape index (κ2) is 7.40. The first kappa shape index (κ1) is 15.0. The van der Waals surface area contributed by atoms with Gasteiger partial charge in [-0.05, 0) is 59.2 Å². The molecule has 1 amide bonds. The van der Waals surface area contributed by atoms with Crippen molar-refractivity contribution in [3.05, 3.63) is 63.7 Å². The van der Waals surface area contributed by atoms with Gasteiger partial charge in [0.15, 0.2) is 0 Å². The molecule has 0 spiro atoms. The second-order valence-corrected chi connectivity index (χ2v) is 5.88. The lowest BCUT2D eigenvalue weighted by Crippen LogP contribution is -2.36. The molecule has 0 aliphatic carbocycles. The second-order valence-electron chi connectivity index (χ2n) is 4.63. The number of anilines is 1. The number of carbonyl (C=O) groups is 1. The topological polar surface area (TPSA) is 55.1 Å². The van der Waals surface area contributed by atoms with E-state index >= 15 is 0 Å². The predicted octanol–water partition coefficient (Wildman–Crippen LogP) is 3.19. The minimum absolute atomic E-state index is 0.136. The highest BCUT2D eigenvalue weighted by Crippen LogP contribution is 2.13. The maximum Gasteiger partial charge on any atom is 0.241 e. The molecule has 0 saturated carbocycles. The number of carbonyl (C=O) groups excluding carboxylic acids is 1. The van der Waals surface area contributed by atoms with E-state index in [2.05, 4.69) is 27.9 Å². The third-order valence-electron chi connectivity index (χ3n) is 3.02. The summed E-state index contributed by atoms with van der Waals surface area (Å²) in [7, 11) is 0. The third kappa shape index (κ3) is 4.61. The normalized spacial score (nSPS) is 11.9. The van der Waals surface area contributed by atoms with Gasteiger partial charge in [0, 0.05) is 9.26 Å². The summed E-state index contributed by atoms with van der Waals surface area (Å²) in [6.45, 7) is 0. The standard InChI is InChI=1S/C16H17IN2O/c17-13-7-4-8-14(11-13)19-16(20)15(18)10-9-12-5-2-1-3-6-12/h1-8,11,15H,9-10,18H2,(H,19,20). The molecule has 104 valence electrons. The molecule has 2 rings (SSSR count). The van der Waals surface area contributed by atoms with Crippen molar-refractivity contribution in [2.75, 3.05) is 5.32 Å². The van der Waals surface area contributed by atoms with Crippen molar-refractivity contribution < 1.29 is 4.79 Å². The summed E-state index contributed by atoms with van der Waals surface area (Å²) in [5, 5.41) is 2.85. The number of aryl methyl sites for hydroxylation is 1. The van der Waals surface area contributed by atoms with Crippen molar-refractivity contribution in [2.45, 2.75) is 18.9 Å². The lowest BCUT2D eigenvalue weighted by Gasteiger charge is -2.12. The maximum absolute atomic E-state index is 12.0. The monoisotopic (exact) mass is 380 g/mol. The summed E-state index contributed by atoms with van der Waals surface area (Å²) in [6, 6.07) is 17.2. The Balaban J connectivity index is 1.86. The summed E-state index contributed by atoms with van der Waals surface area (Å²) in [4.78, 5) is 12.0. The van der Waals surface area contributed by atoms with Gasteiger partial charge in [-0.15, -0.1) is 0 Å². The Morgan fingerprint density at radius 2 is 1.90 bits per heavy atom. The molecule has 2 aromatic rings. The van der Waals surface area contributed by atoms with Crippen molar-refractivity contribution in [3.63, 3.8) is 0 Å². The molecule has 3 N–H and O–H groups in total. The first-order chi connectivity index (χ1) is 9.65. The van der Waals surface area contributed by atoms with Gasteiger partial charge in [0.05, 0.1) is 6.04 Å². The molecular weight excluding hydrogens is 363 g/mol. The van der Waals surface area contributed by atoms with Crippen LogP contribution >= 0.6 is 22.6 Å². The Kier molecular flexibility index (Phi) is 5.55. The van der Waals surface area contributed by atoms with Gasteiger partial charge < -0.3 is 11.1 Å². The molecule has 0 radical (unpaired) electrons. The number of rotatable bonds is 5. The molecule has 4 heteroatoms. The molecular formula is C16H17IN2O. The van der Waals surface area contributed by atoms with Gasteiger partial charge in [0.2, 0.25) is 5.91 Å². The first-order valence-electron chi connectivity index (χ1n) is 6.51. The Morgan fingerprint density at radius 3 is 2.60 bits per heavy atom. The van der Waals surface area contributed by atoms with Gasteiger partial charge in [-0.2, -0.15) is 0 Å². The Hall–Kier alpha value is -1.40. The lowest BCUT2D eigenvalue weighted by atomic mass is 10.1. The van der Waals surface area contributed by atoms with E-state index in [9.17, 15) is 4.79 Å². The van der Waals surface area contributed by atoms with Gasteiger partial charge >= 0.3 is 0 Å². The summed E-state index contributed by atoms with van der Waals surface area (Å²) >= 11 is 2.21. The van der Waals surface area contributed by atoms with Crippen LogP contribution in [0.15, 0.2) is 54.6 Å². The lowest BCUT2D eigenvalue weighted by molar-refractivity contribution is -0.117. The molecule has 0 aliphatic heterocycles. The molecule has 20 heavy (non-hydrogen) atoms. The quantitative estimate of drug-likeness (QED) is 0.783. The van der Waals surface area contributed by atoms with Crippen molar-refractivity contribution in [3.8, 4) is 0 Å².